The maximum absolute atomic E-state index is 11.6. The summed E-state index contributed by atoms with van der Waals surface area (Å²) < 4.78 is 4.96. The van der Waals surface area contributed by atoms with Crippen molar-refractivity contribution in [2.45, 2.75) is 19.4 Å². The highest BCUT2D eigenvalue weighted by atomic mass is 16.5. The maximum Gasteiger partial charge on any atom is 0.193 e. The summed E-state index contributed by atoms with van der Waals surface area (Å²) in [5, 5.41) is 9.49. The number of benzene rings is 1. The van der Waals surface area contributed by atoms with Gasteiger partial charge in [-0.25, -0.2) is 0 Å². The molecule has 76 valence electrons. The average molecular weight is 194 g/mol. The van der Waals surface area contributed by atoms with Gasteiger partial charge in [0.05, 0.1) is 7.11 Å². The normalized spacial score (nSPS) is 11.1. The third-order valence-electron chi connectivity index (χ3n) is 1.91. The predicted molar refractivity (Wildman–Crippen MR) is 53.6 cm³/mol. The molecule has 0 unspecified atom stereocenters. The minimum Gasteiger partial charge on any atom is -0.497 e. The van der Waals surface area contributed by atoms with Gasteiger partial charge in [-0.2, -0.15) is 0 Å². The van der Waals surface area contributed by atoms with Gasteiger partial charge in [0.1, 0.15) is 11.4 Å². The van der Waals surface area contributed by atoms with E-state index in [9.17, 15) is 9.90 Å². The number of ketones is 1. The zero-order chi connectivity index (χ0) is 10.8. The van der Waals surface area contributed by atoms with Crippen LogP contribution < -0.4 is 4.74 Å². The zero-order valence-electron chi connectivity index (χ0n) is 8.57. The van der Waals surface area contributed by atoms with Crippen molar-refractivity contribution in [3.8, 4) is 5.75 Å². The van der Waals surface area contributed by atoms with Crippen LogP contribution >= 0.6 is 0 Å². The molecule has 3 nitrogen and oxygen atoms in total. The van der Waals surface area contributed by atoms with Crippen molar-refractivity contribution in [2.24, 2.45) is 0 Å². The molecule has 0 fully saturated rings. The van der Waals surface area contributed by atoms with E-state index in [1.165, 1.54) is 13.8 Å². The van der Waals surface area contributed by atoms with Gasteiger partial charge >= 0.3 is 0 Å². The van der Waals surface area contributed by atoms with Gasteiger partial charge in [-0.1, -0.05) is 0 Å². The van der Waals surface area contributed by atoms with Crippen molar-refractivity contribution in [1.82, 2.24) is 0 Å². The Kier molecular flexibility index (Phi) is 2.91. The lowest BCUT2D eigenvalue weighted by Crippen LogP contribution is -2.30. The first-order chi connectivity index (χ1) is 6.45. The summed E-state index contributed by atoms with van der Waals surface area (Å²) in [6.07, 6.45) is 0. The highest BCUT2D eigenvalue weighted by molar-refractivity contribution is 6.01. The van der Waals surface area contributed by atoms with E-state index in [0.717, 1.165) is 0 Å². The van der Waals surface area contributed by atoms with Gasteiger partial charge in [0.2, 0.25) is 0 Å². The smallest absolute Gasteiger partial charge is 0.193 e. The van der Waals surface area contributed by atoms with E-state index >= 15 is 0 Å². The van der Waals surface area contributed by atoms with Gasteiger partial charge in [-0.05, 0) is 38.1 Å². The molecule has 0 saturated heterocycles. The number of rotatable bonds is 3. The van der Waals surface area contributed by atoms with E-state index in [0.29, 0.717) is 11.3 Å². The number of hydrogen-bond acceptors (Lipinski definition) is 3. The number of carbonyl (C=O) groups excluding carboxylic acids is 1. The SMILES string of the molecule is COc1ccc(C(=O)C(C)(C)O)cc1. The van der Waals surface area contributed by atoms with Crippen LogP contribution in [0.2, 0.25) is 0 Å². The maximum atomic E-state index is 11.6. The average Bonchev–Trinajstić information content (AvgIpc) is 2.15. The highest BCUT2D eigenvalue weighted by Crippen LogP contribution is 2.16. The first-order valence-electron chi connectivity index (χ1n) is 4.36. The molecule has 0 aliphatic rings. The van der Waals surface area contributed by atoms with Gasteiger partial charge in [-0.15, -0.1) is 0 Å². The van der Waals surface area contributed by atoms with Crippen LogP contribution in [0.15, 0.2) is 24.3 Å². The standard InChI is InChI=1S/C11H14O3/c1-11(2,13)10(12)8-4-6-9(14-3)7-5-8/h4-7,13H,1-3H3. The second-order valence-electron chi connectivity index (χ2n) is 3.62. The van der Waals surface area contributed by atoms with Crippen molar-refractivity contribution in [3.63, 3.8) is 0 Å². The second-order valence-corrected chi connectivity index (χ2v) is 3.62. The van der Waals surface area contributed by atoms with E-state index in [1.807, 2.05) is 0 Å². The van der Waals surface area contributed by atoms with Crippen LogP contribution in [-0.4, -0.2) is 23.6 Å². The van der Waals surface area contributed by atoms with Crippen LogP contribution in [0.3, 0.4) is 0 Å². The van der Waals surface area contributed by atoms with Crippen LogP contribution in [0.4, 0.5) is 0 Å². The Bertz CT molecular complexity index is 319. The Balaban J connectivity index is 2.93. The number of hydrogen-bond donors (Lipinski definition) is 1. The van der Waals surface area contributed by atoms with Crippen LogP contribution in [0.1, 0.15) is 24.2 Å². The molecule has 0 heterocycles. The molecule has 1 rings (SSSR count). The molecule has 1 aromatic carbocycles. The predicted octanol–water partition coefficient (Wildman–Crippen LogP) is 1.65. The molecule has 0 spiro atoms. The van der Waals surface area contributed by atoms with Crippen LogP contribution in [0.5, 0.6) is 5.75 Å². The Morgan fingerprint density at radius 3 is 2.14 bits per heavy atom. The van der Waals surface area contributed by atoms with Gasteiger partial charge in [-0.3, -0.25) is 4.79 Å². The monoisotopic (exact) mass is 194 g/mol. The highest BCUT2D eigenvalue weighted by Gasteiger charge is 2.24. The molecule has 1 N–H and O–H groups in total. The molecule has 0 amide bonds. The van der Waals surface area contributed by atoms with Crippen molar-refractivity contribution >= 4 is 5.78 Å². The van der Waals surface area contributed by atoms with E-state index in [-0.39, 0.29) is 5.78 Å². The number of methoxy groups -OCH3 is 1. The fraction of sp³-hybridized carbons (Fsp3) is 0.364. The number of ether oxygens (including phenoxy) is 1. The quantitative estimate of drug-likeness (QED) is 0.744. The summed E-state index contributed by atoms with van der Waals surface area (Å²) in [6.45, 7) is 2.94. The Hall–Kier alpha value is -1.35. The van der Waals surface area contributed by atoms with E-state index in [4.69, 9.17) is 4.74 Å². The number of carbonyl (C=O) groups is 1. The molecule has 0 atom stereocenters. The summed E-state index contributed by atoms with van der Waals surface area (Å²) in [5.41, 5.74) is -0.840. The van der Waals surface area contributed by atoms with Gasteiger partial charge < -0.3 is 9.84 Å². The summed E-state index contributed by atoms with van der Waals surface area (Å²) in [4.78, 5) is 11.6. The summed E-state index contributed by atoms with van der Waals surface area (Å²) >= 11 is 0. The largest absolute Gasteiger partial charge is 0.497 e. The third kappa shape index (κ3) is 2.33. The Labute approximate surface area is 83.3 Å². The van der Waals surface area contributed by atoms with E-state index in [2.05, 4.69) is 0 Å². The van der Waals surface area contributed by atoms with Crippen LogP contribution in [-0.2, 0) is 0 Å². The molecule has 0 aliphatic carbocycles. The molecule has 0 radical (unpaired) electrons. The van der Waals surface area contributed by atoms with Crippen molar-refractivity contribution in [3.05, 3.63) is 29.8 Å². The van der Waals surface area contributed by atoms with Crippen molar-refractivity contribution < 1.29 is 14.6 Å². The molecule has 14 heavy (non-hydrogen) atoms. The fourth-order valence-corrected chi connectivity index (χ4v) is 1.10. The lowest BCUT2D eigenvalue weighted by Gasteiger charge is -2.15. The Morgan fingerprint density at radius 2 is 1.79 bits per heavy atom. The van der Waals surface area contributed by atoms with E-state index < -0.39 is 5.60 Å². The zero-order valence-corrected chi connectivity index (χ0v) is 8.57. The summed E-state index contributed by atoms with van der Waals surface area (Å²) in [7, 11) is 1.56. The summed E-state index contributed by atoms with van der Waals surface area (Å²) in [5.74, 6) is 0.400. The number of Topliss-reactive ketones (excluding diaryl/α,β-unsaturated/α-hetero) is 1. The van der Waals surface area contributed by atoms with Crippen molar-refractivity contribution in [2.75, 3.05) is 7.11 Å². The lowest BCUT2D eigenvalue weighted by molar-refractivity contribution is 0.0488. The molecule has 0 aliphatic heterocycles. The van der Waals surface area contributed by atoms with Crippen LogP contribution in [0.25, 0.3) is 0 Å². The first kappa shape index (κ1) is 10.7. The van der Waals surface area contributed by atoms with Gasteiger partial charge in [0.15, 0.2) is 5.78 Å². The molecule has 0 bridgehead atoms. The molecule has 0 aromatic heterocycles. The molecular weight excluding hydrogens is 180 g/mol. The molecule has 0 saturated carbocycles. The van der Waals surface area contributed by atoms with Crippen LogP contribution in [0, 0.1) is 0 Å². The Morgan fingerprint density at radius 1 is 1.29 bits per heavy atom. The molecule has 1 aromatic rings. The molecule has 3 heteroatoms. The van der Waals surface area contributed by atoms with Gasteiger partial charge in [0, 0.05) is 5.56 Å². The number of aliphatic hydroxyl groups is 1. The molecular formula is C11H14O3. The van der Waals surface area contributed by atoms with Crippen molar-refractivity contribution in [1.29, 1.82) is 0 Å². The van der Waals surface area contributed by atoms with Gasteiger partial charge in [0.25, 0.3) is 0 Å². The third-order valence-corrected chi connectivity index (χ3v) is 1.91. The minimum atomic E-state index is -1.32. The minimum absolute atomic E-state index is 0.292. The topological polar surface area (TPSA) is 46.5 Å². The second kappa shape index (κ2) is 3.80. The lowest BCUT2D eigenvalue weighted by atomic mass is 9.97. The summed E-state index contributed by atoms with van der Waals surface area (Å²) in [6, 6.07) is 6.66. The van der Waals surface area contributed by atoms with E-state index in [1.54, 1.807) is 31.4 Å². The first-order valence-corrected chi connectivity index (χ1v) is 4.36. The fourth-order valence-electron chi connectivity index (χ4n) is 1.10.